The van der Waals surface area contributed by atoms with Crippen molar-refractivity contribution in [3.63, 3.8) is 0 Å². The maximum atomic E-state index is 12.8. The number of piperazine rings is 2. The first-order valence-electron chi connectivity index (χ1n) is 11.2. The lowest BCUT2D eigenvalue weighted by atomic mass is 10.2. The average Bonchev–Trinajstić information content (AvgIpc) is 2.86. The molecule has 0 spiro atoms. The molecule has 2 heterocycles. The van der Waals surface area contributed by atoms with E-state index < -0.39 is 0 Å². The summed E-state index contributed by atoms with van der Waals surface area (Å²) in [6.07, 6.45) is 0. The number of guanidine groups is 1. The van der Waals surface area contributed by atoms with Gasteiger partial charge in [-0.05, 0) is 24.3 Å². The van der Waals surface area contributed by atoms with E-state index in [1.165, 1.54) is 5.69 Å². The summed E-state index contributed by atoms with van der Waals surface area (Å²) in [4.78, 5) is 25.7. The molecule has 0 aromatic heterocycles. The van der Waals surface area contributed by atoms with Crippen LogP contribution in [0.3, 0.4) is 0 Å². The van der Waals surface area contributed by atoms with Gasteiger partial charge in [-0.2, -0.15) is 0 Å². The molecule has 2 aromatic carbocycles. The van der Waals surface area contributed by atoms with E-state index in [1.807, 2.05) is 41.3 Å². The fourth-order valence-corrected chi connectivity index (χ4v) is 4.34. The van der Waals surface area contributed by atoms with E-state index in [1.54, 1.807) is 13.1 Å². The van der Waals surface area contributed by atoms with E-state index in [-0.39, 0.29) is 36.4 Å². The van der Waals surface area contributed by atoms with Crippen molar-refractivity contribution >= 4 is 47.2 Å². The Labute approximate surface area is 212 Å². The lowest BCUT2D eigenvalue weighted by Gasteiger charge is -2.38. The first-order valence-corrected chi connectivity index (χ1v) is 11.2. The summed E-state index contributed by atoms with van der Waals surface area (Å²) < 4.78 is 0. The highest BCUT2D eigenvalue weighted by atomic mass is 127. The van der Waals surface area contributed by atoms with Crippen LogP contribution >= 0.6 is 24.0 Å². The highest BCUT2D eigenvalue weighted by Crippen LogP contribution is 2.27. The zero-order valence-corrected chi connectivity index (χ0v) is 21.4. The monoisotopic (exact) mass is 564 g/mol. The molecule has 4 rings (SSSR count). The first-order chi connectivity index (χ1) is 15.7. The minimum Gasteiger partial charge on any atom is -0.506 e. The first kappa shape index (κ1) is 24.9. The van der Waals surface area contributed by atoms with Crippen molar-refractivity contribution in [2.75, 3.05) is 75.8 Å². The number of carbonyl (C=O) groups is 1. The number of phenols is 1. The molecule has 2 N–H and O–H groups in total. The van der Waals surface area contributed by atoms with Gasteiger partial charge in [0, 0.05) is 65.1 Å². The third-order valence-electron chi connectivity index (χ3n) is 6.16. The zero-order valence-electron chi connectivity index (χ0n) is 19.1. The summed E-state index contributed by atoms with van der Waals surface area (Å²) in [6, 6.07) is 17.8. The van der Waals surface area contributed by atoms with Crippen molar-refractivity contribution in [1.29, 1.82) is 0 Å². The van der Waals surface area contributed by atoms with Gasteiger partial charge in [0.25, 0.3) is 0 Å². The predicted octanol–water partition coefficient (Wildman–Crippen LogP) is 2.06. The van der Waals surface area contributed by atoms with Crippen LogP contribution in [0.4, 0.5) is 11.4 Å². The molecule has 9 heteroatoms. The number of amides is 1. The quantitative estimate of drug-likeness (QED) is 0.337. The predicted molar refractivity (Wildman–Crippen MR) is 144 cm³/mol. The van der Waals surface area contributed by atoms with Crippen molar-refractivity contribution in [3.8, 4) is 5.75 Å². The number of hydrogen-bond acceptors (Lipinski definition) is 5. The topological polar surface area (TPSA) is 74.7 Å². The molecular formula is C24H33IN6O2. The summed E-state index contributed by atoms with van der Waals surface area (Å²) in [5.41, 5.74) is 2.07. The number of aromatic hydroxyl groups is 1. The maximum absolute atomic E-state index is 12.8. The maximum Gasteiger partial charge on any atom is 0.242 e. The van der Waals surface area contributed by atoms with E-state index in [4.69, 9.17) is 0 Å². The van der Waals surface area contributed by atoms with Crippen LogP contribution in [0.25, 0.3) is 0 Å². The van der Waals surface area contributed by atoms with Gasteiger partial charge in [-0.3, -0.25) is 9.79 Å². The molecule has 33 heavy (non-hydrogen) atoms. The number of halogens is 1. The molecular weight excluding hydrogens is 531 g/mol. The Kier molecular flexibility index (Phi) is 9.04. The minimum absolute atomic E-state index is 0. The van der Waals surface area contributed by atoms with Gasteiger partial charge >= 0.3 is 0 Å². The van der Waals surface area contributed by atoms with Gasteiger partial charge < -0.3 is 30.0 Å². The third-order valence-corrected chi connectivity index (χ3v) is 6.16. The normalized spacial score (nSPS) is 16.9. The molecule has 0 bridgehead atoms. The van der Waals surface area contributed by atoms with E-state index in [0.29, 0.717) is 5.75 Å². The number of nitrogens with zero attached hydrogens (tertiary/aromatic N) is 5. The lowest BCUT2D eigenvalue weighted by Crippen LogP contribution is -2.55. The highest BCUT2D eigenvalue weighted by molar-refractivity contribution is 14.0. The Morgan fingerprint density at radius 2 is 1.42 bits per heavy atom. The Morgan fingerprint density at radius 1 is 0.848 bits per heavy atom. The number of phenolic OH excluding ortho intramolecular Hbond substituents is 1. The number of hydrogen-bond donors (Lipinski definition) is 2. The molecule has 0 radical (unpaired) electrons. The molecule has 2 aromatic rings. The van der Waals surface area contributed by atoms with E-state index in [0.717, 1.165) is 64.0 Å². The number of nitrogens with one attached hydrogen (secondary N) is 1. The van der Waals surface area contributed by atoms with Gasteiger partial charge in [0.1, 0.15) is 5.75 Å². The molecule has 2 aliphatic heterocycles. The number of carbonyl (C=O) groups excluding carboxylic acids is 1. The van der Waals surface area contributed by atoms with Crippen LogP contribution in [-0.4, -0.2) is 92.7 Å². The number of benzene rings is 2. The fourth-order valence-electron chi connectivity index (χ4n) is 4.34. The molecule has 2 aliphatic rings. The van der Waals surface area contributed by atoms with Gasteiger partial charge in [-0.1, -0.05) is 30.3 Å². The largest absolute Gasteiger partial charge is 0.506 e. The van der Waals surface area contributed by atoms with Crippen LogP contribution in [-0.2, 0) is 4.79 Å². The smallest absolute Gasteiger partial charge is 0.242 e. The average molecular weight is 564 g/mol. The van der Waals surface area contributed by atoms with Crippen LogP contribution < -0.4 is 15.1 Å². The van der Waals surface area contributed by atoms with Crippen molar-refractivity contribution < 1.29 is 9.90 Å². The Bertz CT molecular complexity index is 926. The Balaban J connectivity index is 0.00000306. The summed E-state index contributed by atoms with van der Waals surface area (Å²) in [5.74, 6) is 1.16. The van der Waals surface area contributed by atoms with E-state index in [2.05, 4.69) is 37.1 Å². The standard InChI is InChI=1S/C24H32N6O2.HI/c1-25-24(30-17-13-28(14-18-30)21-9-5-6-10-22(21)31)26-19-23(32)29-15-11-27(12-16-29)20-7-3-2-4-8-20;/h2-10,31H,11-19H2,1H3,(H,25,26);1H. The van der Waals surface area contributed by atoms with Crippen LogP contribution in [0.15, 0.2) is 59.6 Å². The Hall–Kier alpha value is -2.69. The summed E-state index contributed by atoms with van der Waals surface area (Å²) in [5, 5.41) is 13.3. The number of para-hydroxylation sites is 3. The lowest BCUT2D eigenvalue weighted by molar-refractivity contribution is -0.130. The number of aliphatic imine (C=N–C) groups is 1. The molecule has 2 saturated heterocycles. The molecule has 8 nitrogen and oxygen atoms in total. The summed E-state index contributed by atoms with van der Waals surface area (Å²) in [7, 11) is 1.75. The van der Waals surface area contributed by atoms with Crippen molar-refractivity contribution in [1.82, 2.24) is 15.1 Å². The molecule has 0 atom stereocenters. The van der Waals surface area contributed by atoms with Crippen molar-refractivity contribution in [2.45, 2.75) is 0 Å². The SMILES string of the molecule is CN=C(NCC(=O)N1CCN(c2ccccc2)CC1)N1CCN(c2ccccc2O)CC1.I. The number of rotatable bonds is 4. The Morgan fingerprint density at radius 3 is 2.06 bits per heavy atom. The van der Waals surface area contributed by atoms with Gasteiger partial charge in [-0.25, -0.2) is 0 Å². The summed E-state index contributed by atoms with van der Waals surface area (Å²) >= 11 is 0. The van der Waals surface area contributed by atoms with Crippen LogP contribution in [0.5, 0.6) is 5.75 Å². The van der Waals surface area contributed by atoms with Gasteiger partial charge in [0.05, 0.1) is 12.2 Å². The molecule has 0 aliphatic carbocycles. The van der Waals surface area contributed by atoms with Crippen molar-refractivity contribution in [3.05, 3.63) is 54.6 Å². The van der Waals surface area contributed by atoms with Gasteiger partial charge in [0.15, 0.2) is 5.96 Å². The zero-order chi connectivity index (χ0) is 22.3. The molecule has 178 valence electrons. The molecule has 0 unspecified atom stereocenters. The fraction of sp³-hybridized carbons (Fsp3) is 0.417. The second-order valence-corrected chi connectivity index (χ2v) is 8.07. The van der Waals surface area contributed by atoms with Crippen LogP contribution in [0, 0.1) is 0 Å². The minimum atomic E-state index is 0. The van der Waals surface area contributed by atoms with Crippen LogP contribution in [0.2, 0.25) is 0 Å². The summed E-state index contributed by atoms with van der Waals surface area (Å²) in [6.45, 7) is 6.52. The third kappa shape index (κ3) is 6.21. The number of anilines is 2. The second-order valence-electron chi connectivity index (χ2n) is 8.07. The van der Waals surface area contributed by atoms with Crippen LogP contribution in [0.1, 0.15) is 0 Å². The second kappa shape index (κ2) is 12.0. The molecule has 1 amide bonds. The van der Waals surface area contributed by atoms with E-state index in [9.17, 15) is 9.90 Å². The van der Waals surface area contributed by atoms with E-state index >= 15 is 0 Å². The van der Waals surface area contributed by atoms with Gasteiger partial charge in [-0.15, -0.1) is 24.0 Å². The molecule has 0 saturated carbocycles. The highest BCUT2D eigenvalue weighted by Gasteiger charge is 2.24. The van der Waals surface area contributed by atoms with Crippen molar-refractivity contribution in [2.24, 2.45) is 4.99 Å². The molecule has 2 fully saturated rings. The van der Waals surface area contributed by atoms with Gasteiger partial charge in [0.2, 0.25) is 5.91 Å².